The van der Waals surface area contributed by atoms with Crippen LogP contribution in [0.1, 0.15) is 29.5 Å². The van der Waals surface area contributed by atoms with Gasteiger partial charge in [-0.25, -0.2) is 4.68 Å². The average Bonchev–Trinajstić information content (AvgIpc) is 3.19. The first-order valence-electron chi connectivity index (χ1n) is 8.08. The molecule has 1 amide bonds. The number of benzene rings is 1. The van der Waals surface area contributed by atoms with Crippen molar-refractivity contribution < 1.29 is 19.4 Å². The molecule has 25 heavy (non-hydrogen) atoms. The molecule has 1 aromatic carbocycles. The van der Waals surface area contributed by atoms with E-state index in [1.807, 2.05) is 31.2 Å². The third kappa shape index (κ3) is 3.09. The largest absolute Gasteiger partial charge is 0.497 e. The number of hydrogen-bond donors (Lipinski definition) is 1. The Labute approximate surface area is 145 Å². The van der Waals surface area contributed by atoms with E-state index < -0.39 is 11.4 Å². The number of nitrogens with zero attached hydrogens (tertiary/aromatic N) is 3. The van der Waals surface area contributed by atoms with E-state index in [0.29, 0.717) is 18.7 Å². The minimum Gasteiger partial charge on any atom is -0.497 e. The molecule has 1 saturated heterocycles. The van der Waals surface area contributed by atoms with E-state index in [9.17, 15) is 14.7 Å². The van der Waals surface area contributed by atoms with Crippen LogP contribution in [-0.2, 0) is 4.79 Å². The van der Waals surface area contributed by atoms with E-state index in [1.165, 1.54) is 0 Å². The average molecular weight is 343 g/mol. The van der Waals surface area contributed by atoms with Crippen LogP contribution < -0.4 is 4.74 Å². The molecular weight excluding hydrogens is 322 g/mol. The van der Waals surface area contributed by atoms with Gasteiger partial charge in [0.15, 0.2) is 5.69 Å². The van der Waals surface area contributed by atoms with Gasteiger partial charge in [0.2, 0.25) is 0 Å². The molecule has 0 saturated carbocycles. The Hall–Kier alpha value is -2.83. The minimum atomic E-state index is -0.886. The summed E-state index contributed by atoms with van der Waals surface area (Å²) in [5.74, 6) is -0.363. The number of carbonyl (C=O) groups excluding carboxylic acids is 1. The van der Waals surface area contributed by atoms with E-state index in [2.05, 4.69) is 5.10 Å². The molecule has 2 aromatic rings. The topological polar surface area (TPSA) is 84.7 Å². The zero-order chi connectivity index (χ0) is 18.2. The third-order valence-electron chi connectivity index (χ3n) is 4.70. The zero-order valence-electron chi connectivity index (χ0n) is 14.5. The maximum Gasteiger partial charge on any atom is 0.311 e. The van der Waals surface area contributed by atoms with Crippen molar-refractivity contribution in [2.24, 2.45) is 5.41 Å². The summed E-state index contributed by atoms with van der Waals surface area (Å²) in [6.45, 7) is 4.18. The van der Waals surface area contributed by atoms with Crippen molar-refractivity contribution >= 4 is 11.9 Å². The number of aliphatic carboxylic acids is 1. The maximum absolute atomic E-state index is 12.7. The fourth-order valence-corrected chi connectivity index (χ4v) is 3.03. The van der Waals surface area contributed by atoms with E-state index in [4.69, 9.17) is 4.74 Å². The lowest BCUT2D eigenvalue weighted by atomic mass is 9.90. The lowest BCUT2D eigenvalue weighted by molar-refractivity contribution is -0.147. The molecule has 3 rings (SSSR count). The predicted octanol–water partition coefficient (Wildman–Crippen LogP) is 2.13. The molecule has 1 N–H and O–H groups in total. The molecule has 132 valence electrons. The quantitative estimate of drug-likeness (QED) is 0.919. The van der Waals surface area contributed by atoms with Crippen LogP contribution in [0.5, 0.6) is 5.75 Å². The van der Waals surface area contributed by atoms with Crippen molar-refractivity contribution in [3.63, 3.8) is 0 Å². The summed E-state index contributed by atoms with van der Waals surface area (Å²) in [5.41, 5.74) is 1.09. The van der Waals surface area contributed by atoms with Crippen LogP contribution in [0, 0.1) is 12.3 Å². The van der Waals surface area contributed by atoms with Crippen LogP contribution in [0.25, 0.3) is 5.69 Å². The predicted molar refractivity (Wildman–Crippen MR) is 91.1 cm³/mol. The summed E-state index contributed by atoms with van der Waals surface area (Å²) in [4.78, 5) is 25.6. The molecule has 1 atom stereocenters. The molecule has 7 heteroatoms. The van der Waals surface area contributed by atoms with Crippen LogP contribution in [0.2, 0.25) is 0 Å². The molecular formula is C18H21N3O4. The molecule has 0 spiro atoms. The molecule has 0 aliphatic carbocycles. The summed E-state index contributed by atoms with van der Waals surface area (Å²) in [6.07, 6.45) is 0.451. The summed E-state index contributed by atoms with van der Waals surface area (Å²) in [6, 6.07) is 9.12. The highest BCUT2D eigenvalue weighted by molar-refractivity contribution is 5.93. The number of carboxylic acids is 1. The molecule has 0 bridgehead atoms. The van der Waals surface area contributed by atoms with Gasteiger partial charge in [0, 0.05) is 18.8 Å². The highest BCUT2D eigenvalue weighted by Gasteiger charge is 2.42. The van der Waals surface area contributed by atoms with Gasteiger partial charge in [-0.1, -0.05) is 0 Å². The first-order chi connectivity index (χ1) is 11.8. The van der Waals surface area contributed by atoms with Gasteiger partial charge in [-0.15, -0.1) is 0 Å². The number of amides is 1. The second kappa shape index (κ2) is 6.23. The Balaban J connectivity index is 1.82. The van der Waals surface area contributed by atoms with Gasteiger partial charge in [-0.2, -0.15) is 5.10 Å². The first-order valence-corrected chi connectivity index (χ1v) is 8.08. The number of carbonyl (C=O) groups is 2. The molecule has 2 heterocycles. The second-order valence-corrected chi connectivity index (χ2v) is 6.62. The monoisotopic (exact) mass is 343 g/mol. The SMILES string of the molecule is COc1ccc(-n2nc(C(=O)N3CCC(C)(C(=O)O)C3)cc2C)cc1. The number of ether oxygens (including phenoxy) is 1. The van der Waals surface area contributed by atoms with E-state index in [1.54, 1.807) is 29.7 Å². The lowest BCUT2D eigenvalue weighted by Gasteiger charge is -2.19. The molecule has 1 aromatic heterocycles. The second-order valence-electron chi connectivity index (χ2n) is 6.62. The van der Waals surface area contributed by atoms with Crippen molar-refractivity contribution in [1.82, 2.24) is 14.7 Å². The van der Waals surface area contributed by atoms with Crippen LogP contribution in [-0.4, -0.2) is 51.9 Å². The number of likely N-dealkylation sites (tertiary alicyclic amines) is 1. The normalized spacial score (nSPS) is 19.9. The number of aryl methyl sites for hydroxylation is 1. The Morgan fingerprint density at radius 1 is 1.28 bits per heavy atom. The summed E-state index contributed by atoms with van der Waals surface area (Å²) >= 11 is 0. The van der Waals surface area contributed by atoms with Gasteiger partial charge in [-0.05, 0) is 50.6 Å². The van der Waals surface area contributed by atoms with E-state index in [0.717, 1.165) is 17.1 Å². The van der Waals surface area contributed by atoms with Crippen LogP contribution in [0.15, 0.2) is 30.3 Å². The van der Waals surface area contributed by atoms with E-state index >= 15 is 0 Å². The van der Waals surface area contributed by atoms with Crippen molar-refractivity contribution in [1.29, 1.82) is 0 Å². The molecule has 7 nitrogen and oxygen atoms in total. The van der Waals surface area contributed by atoms with Gasteiger partial charge in [0.1, 0.15) is 5.75 Å². The standard InChI is InChI=1S/C18H21N3O4/c1-12-10-15(16(22)20-9-8-18(2,11-20)17(23)24)19-21(12)13-4-6-14(25-3)7-5-13/h4-7,10H,8-9,11H2,1-3H3,(H,23,24). The zero-order valence-corrected chi connectivity index (χ0v) is 14.5. The Morgan fingerprint density at radius 3 is 2.52 bits per heavy atom. The lowest BCUT2D eigenvalue weighted by Crippen LogP contribution is -2.35. The van der Waals surface area contributed by atoms with Crippen molar-refractivity contribution in [3.8, 4) is 11.4 Å². The number of carboxylic acid groups (broad SMARTS) is 1. The number of rotatable bonds is 4. The molecule has 1 unspecified atom stereocenters. The fourth-order valence-electron chi connectivity index (χ4n) is 3.03. The third-order valence-corrected chi connectivity index (χ3v) is 4.70. The van der Waals surface area contributed by atoms with Crippen molar-refractivity contribution in [3.05, 3.63) is 41.7 Å². The minimum absolute atomic E-state index is 0.204. The van der Waals surface area contributed by atoms with Crippen LogP contribution in [0.3, 0.4) is 0 Å². The van der Waals surface area contributed by atoms with Crippen LogP contribution in [0.4, 0.5) is 0 Å². The summed E-state index contributed by atoms with van der Waals surface area (Å²) < 4.78 is 6.84. The van der Waals surface area contributed by atoms with Gasteiger partial charge in [0.05, 0.1) is 18.2 Å². The Morgan fingerprint density at radius 2 is 1.96 bits per heavy atom. The number of aromatic nitrogens is 2. The highest BCUT2D eigenvalue weighted by Crippen LogP contribution is 2.31. The Bertz CT molecular complexity index is 812. The van der Waals surface area contributed by atoms with Gasteiger partial charge < -0.3 is 14.7 Å². The smallest absolute Gasteiger partial charge is 0.311 e. The van der Waals surface area contributed by atoms with E-state index in [-0.39, 0.29) is 12.5 Å². The number of hydrogen-bond acceptors (Lipinski definition) is 4. The highest BCUT2D eigenvalue weighted by atomic mass is 16.5. The van der Waals surface area contributed by atoms with Gasteiger partial charge in [-0.3, -0.25) is 9.59 Å². The Kier molecular flexibility index (Phi) is 4.24. The summed E-state index contributed by atoms with van der Waals surface area (Å²) in [7, 11) is 1.60. The fraction of sp³-hybridized carbons (Fsp3) is 0.389. The molecule has 1 aliphatic heterocycles. The first kappa shape index (κ1) is 17.0. The van der Waals surface area contributed by atoms with Gasteiger partial charge >= 0.3 is 5.97 Å². The van der Waals surface area contributed by atoms with Crippen molar-refractivity contribution in [2.45, 2.75) is 20.3 Å². The van der Waals surface area contributed by atoms with Gasteiger partial charge in [0.25, 0.3) is 5.91 Å². The molecule has 0 radical (unpaired) electrons. The molecule has 1 aliphatic rings. The van der Waals surface area contributed by atoms with Crippen molar-refractivity contribution in [2.75, 3.05) is 20.2 Å². The maximum atomic E-state index is 12.7. The number of methoxy groups -OCH3 is 1. The summed E-state index contributed by atoms with van der Waals surface area (Å²) in [5, 5.41) is 13.7. The van der Waals surface area contributed by atoms with Crippen LogP contribution >= 0.6 is 0 Å². The molecule has 1 fully saturated rings.